The molecule has 4 heteroatoms. The molecule has 0 radical (unpaired) electrons. The first-order valence-corrected chi connectivity index (χ1v) is 3.78. The molecule has 0 aliphatic carbocycles. The highest BCUT2D eigenvalue weighted by atomic mass is 16.6. The van der Waals surface area contributed by atoms with Crippen molar-refractivity contribution >= 4 is 0 Å². The highest BCUT2D eigenvalue weighted by Crippen LogP contribution is 2.00. The number of aryl methyl sites for hydroxylation is 1. The van der Waals surface area contributed by atoms with Crippen LogP contribution in [0.4, 0.5) is 0 Å². The highest BCUT2D eigenvalue weighted by molar-refractivity contribution is 4.70. The van der Waals surface area contributed by atoms with E-state index in [2.05, 4.69) is 21.0 Å². The summed E-state index contributed by atoms with van der Waals surface area (Å²) in [5.74, 6) is -0.306. The molecule has 0 spiro atoms. The molecular formula is C7H11NO3. The van der Waals surface area contributed by atoms with Crippen molar-refractivity contribution in [1.29, 1.82) is 0 Å². The Morgan fingerprint density at radius 1 is 1.45 bits per heavy atom. The van der Waals surface area contributed by atoms with Crippen molar-refractivity contribution < 1.29 is 8.94 Å². The van der Waals surface area contributed by atoms with Crippen LogP contribution in [0.5, 0.6) is 0 Å². The molecule has 62 valence electrons. The first-order valence-electron chi connectivity index (χ1n) is 3.78. The van der Waals surface area contributed by atoms with Gasteiger partial charge in [0.05, 0.1) is 0 Å². The van der Waals surface area contributed by atoms with Gasteiger partial charge in [-0.2, -0.15) is 0 Å². The van der Waals surface area contributed by atoms with Crippen molar-refractivity contribution in [1.82, 2.24) is 5.16 Å². The standard InChI is InChI=1S/C7H11NO3/c1-2-3-4-5-6-8-11-7(9)10-6/h2-5H2,1H3. The van der Waals surface area contributed by atoms with Crippen LogP contribution >= 0.6 is 0 Å². The molecule has 0 fully saturated rings. The number of hydrogen-bond acceptors (Lipinski definition) is 4. The molecule has 0 aliphatic heterocycles. The van der Waals surface area contributed by atoms with Crippen LogP contribution in [0.25, 0.3) is 0 Å². The molecule has 0 unspecified atom stereocenters. The van der Waals surface area contributed by atoms with E-state index in [1.54, 1.807) is 0 Å². The summed E-state index contributed by atoms with van der Waals surface area (Å²) in [6.07, 6.45) is 3.95. The predicted molar refractivity (Wildman–Crippen MR) is 38.3 cm³/mol. The van der Waals surface area contributed by atoms with E-state index in [-0.39, 0.29) is 0 Å². The highest BCUT2D eigenvalue weighted by Gasteiger charge is 2.01. The molecule has 1 aromatic heterocycles. The van der Waals surface area contributed by atoms with Gasteiger partial charge in [0.2, 0.25) is 5.89 Å². The molecule has 1 aromatic rings. The molecule has 4 nitrogen and oxygen atoms in total. The van der Waals surface area contributed by atoms with Crippen LogP contribution in [0.3, 0.4) is 0 Å². The lowest BCUT2D eigenvalue weighted by Gasteiger charge is -1.90. The average molecular weight is 157 g/mol. The lowest BCUT2D eigenvalue weighted by atomic mass is 10.2. The van der Waals surface area contributed by atoms with Gasteiger partial charge in [0, 0.05) is 6.42 Å². The quantitative estimate of drug-likeness (QED) is 0.619. The van der Waals surface area contributed by atoms with E-state index in [4.69, 9.17) is 0 Å². The summed E-state index contributed by atoms with van der Waals surface area (Å²) in [5.41, 5.74) is 0. The Morgan fingerprint density at radius 3 is 2.82 bits per heavy atom. The van der Waals surface area contributed by atoms with Gasteiger partial charge in [-0.3, -0.25) is 4.52 Å². The van der Waals surface area contributed by atoms with Gasteiger partial charge >= 0.3 is 5.82 Å². The maximum absolute atomic E-state index is 10.3. The average Bonchev–Trinajstić information content (AvgIpc) is 2.37. The molecule has 0 bridgehead atoms. The SMILES string of the molecule is CCCCCc1noc(=O)o1. The third-order valence-corrected chi connectivity index (χ3v) is 1.42. The minimum absolute atomic E-state index is 0.406. The van der Waals surface area contributed by atoms with E-state index < -0.39 is 5.82 Å². The van der Waals surface area contributed by atoms with Crippen molar-refractivity contribution in [2.45, 2.75) is 32.6 Å². The fourth-order valence-electron chi connectivity index (χ4n) is 0.845. The van der Waals surface area contributed by atoms with Gasteiger partial charge in [-0.25, -0.2) is 4.79 Å². The van der Waals surface area contributed by atoms with Gasteiger partial charge in [0.1, 0.15) is 0 Å². The van der Waals surface area contributed by atoms with Gasteiger partial charge in [-0.05, 0) is 11.6 Å². The first kappa shape index (κ1) is 8.04. The minimum atomic E-state index is -0.712. The van der Waals surface area contributed by atoms with E-state index in [1.165, 1.54) is 0 Å². The van der Waals surface area contributed by atoms with Crippen LogP contribution < -0.4 is 5.82 Å². The van der Waals surface area contributed by atoms with E-state index in [1.807, 2.05) is 0 Å². The first-order chi connectivity index (χ1) is 5.33. The molecule has 1 heterocycles. The zero-order chi connectivity index (χ0) is 8.10. The smallest absolute Gasteiger partial charge is 0.375 e. The van der Waals surface area contributed by atoms with Crippen LogP contribution in [0.1, 0.15) is 32.1 Å². The molecule has 0 aromatic carbocycles. The van der Waals surface area contributed by atoms with Crippen LogP contribution in [0, 0.1) is 0 Å². The number of hydrogen-bond donors (Lipinski definition) is 0. The molecule has 0 aliphatic rings. The van der Waals surface area contributed by atoms with Gasteiger partial charge in [-0.1, -0.05) is 19.8 Å². The second kappa shape index (κ2) is 3.95. The second-order valence-corrected chi connectivity index (χ2v) is 2.39. The second-order valence-electron chi connectivity index (χ2n) is 2.39. The Bertz CT molecular complexity index is 250. The van der Waals surface area contributed by atoms with Gasteiger partial charge < -0.3 is 4.42 Å². The summed E-state index contributed by atoms with van der Waals surface area (Å²) >= 11 is 0. The number of aromatic nitrogens is 1. The molecule has 0 amide bonds. The maximum atomic E-state index is 10.3. The summed E-state index contributed by atoms with van der Waals surface area (Å²) in [4.78, 5) is 10.3. The topological polar surface area (TPSA) is 56.2 Å². The summed E-state index contributed by atoms with van der Waals surface area (Å²) in [6.45, 7) is 2.11. The van der Waals surface area contributed by atoms with Crippen LogP contribution in [0.2, 0.25) is 0 Å². The third kappa shape index (κ3) is 2.57. The van der Waals surface area contributed by atoms with Crippen LogP contribution in [-0.2, 0) is 6.42 Å². The summed E-state index contributed by atoms with van der Waals surface area (Å²) < 4.78 is 8.82. The third-order valence-electron chi connectivity index (χ3n) is 1.42. The van der Waals surface area contributed by atoms with E-state index in [9.17, 15) is 4.79 Å². The van der Waals surface area contributed by atoms with Crippen molar-refractivity contribution in [3.63, 3.8) is 0 Å². The van der Waals surface area contributed by atoms with Gasteiger partial charge in [0.25, 0.3) is 0 Å². The minimum Gasteiger partial charge on any atom is -0.375 e. The lowest BCUT2D eigenvalue weighted by Crippen LogP contribution is -1.87. The number of nitrogens with zero attached hydrogens (tertiary/aromatic N) is 1. The molecular weight excluding hydrogens is 146 g/mol. The largest absolute Gasteiger partial charge is 0.542 e. The zero-order valence-electron chi connectivity index (χ0n) is 6.50. The monoisotopic (exact) mass is 157 g/mol. The molecule has 0 saturated carbocycles. The molecule has 0 atom stereocenters. The Balaban J connectivity index is 2.33. The maximum Gasteiger partial charge on any atom is 0.542 e. The van der Waals surface area contributed by atoms with E-state index in [0.717, 1.165) is 19.3 Å². The fraction of sp³-hybridized carbons (Fsp3) is 0.714. The Labute approximate surface area is 64.2 Å². The van der Waals surface area contributed by atoms with E-state index in [0.29, 0.717) is 12.3 Å². The van der Waals surface area contributed by atoms with Crippen molar-refractivity contribution in [3.05, 3.63) is 16.5 Å². The Morgan fingerprint density at radius 2 is 2.27 bits per heavy atom. The predicted octanol–water partition coefficient (Wildman–Crippen LogP) is 1.36. The van der Waals surface area contributed by atoms with Crippen molar-refractivity contribution in [2.24, 2.45) is 0 Å². The molecule has 11 heavy (non-hydrogen) atoms. The van der Waals surface area contributed by atoms with Crippen molar-refractivity contribution in [2.75, 3.05) is 0 Å². The van der Waals surface area contributed by atoms with Crippen LogP contribution in [0.15, 0.2) is 13.7 Å². The summed E-state index contributed by atoms with van der Waals surface area (Å²) in [5, 5.41) is 3.43. The Kier molecular flexibility index (Phi) is 2.89. The lowest BCUT2D eigenvalue weighted by molar-refractivity contribution is 0.334. The summed E-state index contributed by atoms with van der Waals surface area (Å²) in [7, 11) is 0. The fourth-order valence-corrected chi connectivity index (χ4v) is 0.845. The Hall–Kier alpha value is -1.06. The number of rotatable bonds is 4. The van der Waals surface area contributed by atoms with E-state index >= 15 is 0 Å². The molecule has 0 saturated heterocycles. The normalized spacial score (nSPS) is 10.3. The van der Waals surface area contributed by atoms with Crippen LogP contribution in [-0.4, -0.2) is 5.16 Å². The zero-order valence-corrected chi connectivity index (χ0v) is 6.50. The van der Waals surface area contributed by atoms with Gasteiger partial charge in [-0.15, -0.1) is 0 Å². The molecule has 1 rings (SSSR count). The van der Waals surface area contributed by atoms with Gasteiger partial charge in [0.15, 0.2) is 0 Å². The molecule has 0 N–H and O–H groups in total. The number of unbranched alkanes of at least 4 members (excludes halogenated alkanes) is 2. The summed E-state index contributed by atoms with van der Waals surface area (Å²) in [6, 6.07) is 0. The van der Waals surface area contributed by atoms with Crippen molar-refractivity contribution in [3.8, 4) is 0 Å².